The fraction of sp³-hybridized carbons (Fsp3) is 0.632. The van der Waals surface area contributed by atoms with Crippen molar-refractivity contribution in [2.24, 2.45) is 5.92 Å². The third-order valence-electron chi connectivity index (χ3n) is 4.61. The zero-order valence-electron chi connectivity index (χ0n) is 14.2. The molecule has 0 radical (unpaired) electrons. The molecule has 3 heteroatoms. The van der Waals surface area contributed by atoms with Crippen LogP contribution in [-0.4, -0.2) is 26.2 Å². The predicted molar refractivity (Wildman–Crippen MR) is 90.2 cm³/mol. The number of carbonyl (C=O) groups is 1. The Morgan fingerprint density at radius 3 is 2.77 bits per heavy atom. The number of methoxy groups -OCH3 is 1. The van der Waals surface area contributed by atoms with E-state index in [0.717, 1.165) is 6.42 Å². The van der Waals surface area contributed by atoms with Crippen molar-refractivity contribution in [3.63, 3.8) is 0 Å². The van der Waals surface area contributed by atoms with Gasteiger partial charge in [0.2, 0.25) is 5.91 Å². The van der Waals surface area contributed by atoms with Crippen LogP contribution >= 0.6 is 0 Å². The Labute approximate surface area is 134 Å². The van der Waals surface area contributed by atoms with Gasteiger partial charge in [-0.25, -0.2) is 0 Å². The number of nitrogens with one attached hydrogen (secondary N) is 1. The van der Waals surface area contributed by atoms with Crippen LogP contribution in [0.4, 0.5) is 0 Å². The van der Waals surface area contributed by atoms with Crippen LogP contribution in [0.5, 0.6) is 0 Å². The van der Waals surface area contributed by atoms with Crippen LogP contribution in [0, 0.1) is 5.92 Å². The van der Waals surface area contributed by atoms with Crippen molar-refractivity contribution in [2.75, 3.05) is 20.3 Å². The van der Waals surface area contributed by atoms with E-state index in [1.807, 2.05) is 0 Å². The van der Waals surface area contributed by atoms with Crippen molar-refractivity contribution in [2.45, 2.75) is 51.9 Å². The number of amides is 1. The number of aryl methyl sites for hydroxylation is 2. The largest absolute Gasteiger partial charge is 0.385 e. The van der Waals surface area contributed by atoms with Gasteiger partial charge in [-0.05, 0) is 54.2 Å². The van der Waals surface area contributed by atoms with Gasteiger partial charge in [-0.1, -0.05) is 32.0 Å². The van der Waals surface area contributed by atoms with Crippen LogP contribution in [-0.2, 0) is 22.4 Å². The second-order valence-corrected chi connectivity index (χ2v) is 6.63. The lowest BCUT2D eigenvalue weighted by Crippen LogP contribution is -2.27. The lowest BCUT2D eigenvalue weighted by Gasteiger charge is -2.22. The predicted octanol–water partition coefficient (Wildman–Crippen LogP) is 3.46. The SMILES string of the molecule is COCCCNC(=O)CC(c1ccc2c(c1)CCC2)C(C)C. The van der Waals surface area contributed by atoms with Crippen molar-refractivity contribution in [1.29, 1.82) is 0 Å². The standard InChI is InChI=1S/C19H29NO2/c1-14(2)18(13-19(21)20-10-5-11-22-3)17-9-8-15-6-4-7-16(15)12-17/h8-9,12,14,18H,4-7,10-11,13H2,1-3H3,(H,20,21). The molecule has 1 aliphatic rings. The Balaban J connectivity index is 1.96. The lowest BCUT2D eigenvalue weighted by atomic mass is 9.84. The monoisotopic (exact) mass is 303 g/mol. The molecular weight excluding hydrogens is 274 g/mol. The summed E-state index contributed by atoms with van der Waals surface area (Å²) in [5.74, 6) is 0.910. The van der Waals surface area contributed by atoms with Crippen LogP contribution in [0.1, 0.15) is 55.7 Å². The summed E-state index contributed by atoms with van der Waals surface area (Å²) < 4.78 is 5.00. The van der Waals surface area contributed by atoms with E-state index in [4.69, 9.17) is 4.74 Å². The van der Waals surface area contributed by atoms with Gasteiger partial charge >= 0.3 is 0 Å². The van der Waals surface area contributed by atoms with Crippen LogP contribution in [0.3, 0.4) is 0 Å². The van der Waals surface area contributed by atoms with E-state index in [9.17, 15) is 4.79 Å². The first-order valence-corrected chi connectivity index (χ1v) is 8.49. The lowest BCUT2D eigenvalue weighted by molar-refractivity contribution is -0.121. The van der Waals surface area contributed by atoms with Crippen LogP contribution in [0.2, 0.25) is 0 Å². The van der Waals surface area contributed by atoms with Gasteiger partial charge in [0.25, 0.3) is 0 Å². The van der Waals surface area contributed by atoms with Gasteiger partial charge in [-0.2, -0.15) is 0 Å². The molecular formula is C19H29NO2. The van der Waals surface area contributed by atoms with Gasteiger partial charge in [0.1, 0.15) is 0 Å². The van der Waals surface area contributed by atoms with E-state index in [2.05, 4.69) is 37.4 Å². The molecule has 22 heavy (non-hydrogen) atoms. The van der Waals surface area contributed by atoms with Crippen LogP contribution < -0.4 is 5.32 Å². The molecule has 0 bridgehead atoms. The smallest absolute Gasteiger partial charge is 0.220 e. The van der Waals surface area contributed by atoms with Crippen molar-refractivity contribution >= 4 is 5.91 Å². The number of fused-ring (bicyclic) bond motifs is 1. The molecule has 0 heterocycles. The molecule has 1 atom stereocenters. The average molecular weight is 303 g/mol. The number of ether oxygens (including phenoxy) is 1. The molecule has 1 aromatic carbocycles. The van der Waals surface area contributed by atoms with Crippen LogP contribution in [0.25, 0.3) is 0 Å². The molecule has 0 aliphatic heterocycles. The van der Waals surface area contributed by atoms with Crippen molar-refractivity contribution < 1.29 is 9.53 Å². The Morgan fingerprint density at radius 1 is 1.27 bits per heavy atom. The molecule has 122 valence electrons. The molecule has 0 aromatic heterocycles. The third kappa shape index (κ3) is 4.57. The normalized spacial score (nSPS) is 14.9. The van der Waals surface area contributed by atoms with Gasteiger partial charge in [-0.3, -0.25) is 4.79 Å². The maximum atomic E-state index is 12.2. The van der Waals surface area contributed by atoms with E-state index in [1.165, 1.54) is 36.0 Å². The van der Waals surface area contributed by atoms with Crippen LogP contribution in [0.15, 0.2) is 18.2 Å². The molecule has 0 saturated heterocycles. The zero-order chi connectivity index (χ0) is 15.9. The molecule has 1 unspecified atom stereocenters. The maximum absolute atomic E-state index is 12.2. The molecule has 1 aliphatic carbocycles. The van der Waals surface area contributed by atoms with Gasteiger partial charge in [0, 0.05) is 26.7 Å². The highest BCUT2D eigenvalue weighted by Gasteiger charge is 2.21. The first kappa shape index (κ1) is 17.0. The summed E-state index contributed by atoms with van der Waals surface area (Å²) in [4.78, 5) is 12.2. The first-order chi connectivity index (χ1) is 10.6. The van der Waals surface area contributed by atoms with E-state index >= 15 is 0 Å². The molecule has 1 N–H and O–H groups in total. The number of benzene rings is 1. The molecule has 0 fully saturated rings. The Bertz CT molecular complexity index is 496. The minimum absolute atomic E-state index is 0.148. The topological polar surface area (TPSA) is 38.3 Å². The van der Waals surface area contributed by atoms with Gasteiger partial charge in [0.05, 0.1) is 0 Å². The first-order valence-electron chi connectivity index (χ1n) is 8.49. The van der Waals surface area contributed by atoms with Crippen molar-refractivity contribution in [3.05, 3.63) is 34.9 Å². The molecule has 0 saturated carbocycles. The Hall–Kier alpha value is -1.35. The number of rotatable bonds is 8. The second-order valence-electron chi connectivity index (χ2n) is 6.63. The summed E-state index contributed by atoms with van der Waals surface area (Å²) in [7, 11) is 1.68. The molecule has 1 aromatic rings. The highest BCUT2D eigenvalue weighted by Crippen LogP contribution is 2.32. The van der Waals surface area contributed by atoms with E-state index in [1.54, 1.807) is 7.11 Å². The number of hydrogen-bond acceptors (Lipinski definition) is 2. The molecule has 2 rings (SSSR count). The minimum Gasteiger partial charge on any atom is -0.385 e. The highest BCUT2D eigenvalue weighted by molar-refractivity contribution is 5.76. The highest BCUT2D eigenvalue weighted by atomic mass is 16.5. The molecule has 1 amide bonds. The summed E-state index contributed by atoms with van der Waals surface area (Å²) in [6.07, 6.45) is 5.11. The van der Waals surface area contributed by atoms with Gasteiger partial charge in [0.15, 0.2) is 0 Å². The Morgan fingerprint density at radius 2 is 2.05 bits per heavy atom. The molecule has 0 spiro atoms. The summed E-state index contributed by atoms with van der Waals surface area (Å²) in [6.45, 7) is 5.80. The van der Waals surface area contributed by atoms with Gasteiger partial charge in [-0.15, -0.1) is 0 Å². The molecule has 3 nitrogen and oxygen atoms in total. The van der Waals surface area contributed by atoms with Crippen molar-refractivity contribution in [3.8, 4) is 0 Å². The number of carbonyl (C=O) groups excluding carboxylic acids is 1. The minimum atomic E-state index is 0.148. The van der Waals surface area contributed by atoms with E-state index in [0.29, 0.717) is 31.4 Å². The Kier molecular flexibility index (Phi) is 6.44. The van der Waals surface area contributed by atoms with Gasteiger partial charge < -0.3 is 10.1 Å². The maximum Gasteiger partial charge on any atom is 0.220 e. The third-order valence-corrected chi connectivity index (χ3v) is 4.61. The van der Waals surface area contributed by atoms with Crippen molar-refractivity contribution in [1.82, 2.24) is 5.32 Å². The second kappa shape index (κ2) is 8.33. The quantitative estimate of drug-likeness (QED) is 0.747. The summed E-state index contributed by atoms with van der Waals surface area (Å²) in [5.41, 5.74) is 4.31. The fourth-order valence-electron chi connectivity index (χ4n) is 3.28. The summed E-state index contributed by atoms with van der Waals surface area (Å²) in [6, 6.07) is 6.84. The fourth-order valence-corrected chi connectivity index (χ4v) is 3.28. The summed E-state index contributed by atoms with van der Waals surface area (Å²) >= 11 is 0. The average Bonchev–Trinajstić information content (AvgIpc) is 2.96. The number of hydrogen-bond donors (Lipinski definition) is 1. The zero-order valence-corrected chi connectivity index (χ0v) is 14.2. The van der Waals surface area contributed by atoms with E-state index < -0.39 is 0 Å². The summed E-state index contributed by atoms with van der Waals surface area (Å²) in [5, 5.41) is 3.01. The van der Waals surface area contributed by atoms with E-state index in [-0.39, 0.29) is 5.91 Å².